The first-order valence-electron chi connectivity index (χ1n) is 11.2. The number of alkyl halides is 3. The van der Waals surface area contributed by atoms with E-state index in [0.717, 1.165) is 17.3 Å². The van der Waals surface area contributed by atoms with E-state index in [-0.39, 0.29) is 22.8 Å². The summed E-state index contributed by atoms with van der Waals surface area (Å²) in [6.07, 6.45) is -2.23. The van der Waals surface area contributed by atoms with Crippen LogP contribution in [0.2, 0.25) is 5.02 Å². The van der Waals surface area contributed by atoms with Crippen LogP contribution in [-0.4, -0.2) is 40.1 Å². The number of amides is 1. The van der Waals surface area contributed by atoms with Crippen LogP contribution in [0.25, 0.3) is 0 Å². The predicted octanol–water partition coefficient (Wildman–Crippen LogP) is 5.60. The molecule has 0 unspecified atom stereocenters. The van der Waals surface area contributed by atoms with Crippen molar-refractivity contribution in [3.8, 4) is 5.75 Å². The molecule has 3 aromatic rings. The number of rotatable bonds is 6. The minimum Gasteiger partial charge on any atom is -0.490 e. The lowest BCUT2D eigenvalue weighted by Gasteiger charge is -2.32. The van der Waals surface area contributed by atoms with Gasteiger partial charge >= 0.3 is 6.18 Å². The van der Waals surface area contributed by atoms with Crippen molar-refractivity contribution in [1.29, 1.82) is 0 Å². The number of hydrogen-bond acceptors (Lipinski definition) is 7. The second-order valence-corrected chi connectivity index (χ2v) is 8.74. The Morgan fingerprint density at radius 2 is 1.86 bits per heavy atom. The molecule has 2 N–H and O–H groups in total. The van der Waals surface area contributed by atoms with Crippen LogP contribution in [0.1, 0.15) is 30.9 Å². The van der Waals surface area contributed by atoms with Crippen LogP contribution in [0.3, 0.4) is 0 Å². The molecule has 1 aromatic heterocycles. The van der Waals surface area contributed by atoms with Crippen LogP contribution in [0.15, 0.2) is 42.7 Å². The maximum Gasteiger partial charge on any atom is 0.417 e. The molecule has 1 amide bonds. The minimum absolute atomic E-state index is 0.133. The van der Waals surface area contributed by atoms with Gasteiger partial charge in [-0.3, -0.25) is 4.79 Å². The zero-order valence-electron chi connectivity index (χ0n) is 19.6. The van der Waals surface area contributed by atoms with Crippen LogP contribution in [-0.2, 0) is 11.0 Å². The van der Waals surface area contributed by atoms with Gasteiger partial charge in [-0.25, -0.2) is 9.97 Å². The van der Waals surface area contributed by atoms with E-state index in [1.54, 1.807) is 6.07 Å². The second kappa shape index (κ2) is 10.6. The van der Waals surface area contributed by atoms with Crippen molar-refractivity contribution in [3.63, 3.8) is 0 Å². The van der Waals surface area contributed by atoms with Crippen molar-refractivity contribution in [2.24, 2.45) is 0 Å². The number of halogens is 4. The molecule has 1 fully saturated rings. The molecule has 4 rings (SSSR count). The lowest BCUT2D eigenvalue weighted by atomic mass is 10.1. The summed E-state index contributed by atoms with van der Waals surface area (Å²) in [4.78, 5) is 26.4. The fourth-order valence-electron chi connectivity index (χ4n) is 3.88. The molecule has 1 aliphatic rings. The number of carbonyl (C=O) groups is 1. The first-order valence-corrected chi connectivity index (χ1v) is 11.6. The molecule has 8 nitrogen and oxygen atoms in total. The van der Waals surface area contributed by atoms with Gasteiger partial charge in [-0.05, 0) is 42.8 Å². The molecule has 12 heteroatoms. The Labute approximate surface area is 210 Å². The molecule has 1 saturated heterocycles. The summed E-state index contributed by atoms with van der Waals surface area (Å²) in [7, 11) is 0. The van der Waals surface area contributed by atoms with Crippen molar-refractivity contribution in [3.05, 3.63) is 58.9 Å². The lowest BCUT2D eigenvalue weighted by molar-refractivity contribution is -0.137. The fourth-order valence-corrected chi connectivity index (χ4v) is 4.10. The average molecular weight is 521 g/mol. The molecular weight excluding hydrogens is 497 g/mol. The first-order chi connectivity index (χ1) is 17.1. The SMILES string of the molecule is CC(=O)Nc1cccc(Nc2ncnc(N3CCC(Oc4ccc(Cl)c(C(F)(F)F)c4)CC3)n2)c1C. The van der Waals surface area contributed by atoms with Crippen LogP contribution in [0.5, 0.6) is 5.75 Å². The standard InChI is InChI=1S/C24H24ClF3N6O2/c1-14-20(31-15(2)35)4-3-5-21(14)32-22-29-13-30-23(33-22)34-10-8-16(9-11-34)36-17-6-7-19(25)18(12-17)24(26,27)28/h3-7,12-13,16H,8-11H2,1-2H3,(H,31,35)(H,29,30,32,33). The first kappa shape index (κ1) is 25.5. The maximum absolute atomic E-state index is 13.1. The van der Waals surface area contributed by atoms with Crippen LogP contribution < -0.4 is 20.3 Å². The third kappa shape index (κ3) is 6.14. The second-order valence-electron chi connectivity index (χ2n) is 8.34. The molecule has 190 valence electrons. The number of hydrogen-bond donors (Lipinski definition) is 2. The van der Waals surface area contributed by atoms with Gasteiger partial charge in [0.15, 0.2) is 0 Å². The number of carbonyl (C=O) groups excluding carboxylic acids is 1. The summed E-state index contributed by atoms with van der Waals surface area (Å²) in [5.74, 6) is 0.797. The number of benzene rings is 2. The van der Waals surface area contributed by atoms with E-state index in [0.29, 0.717) is 43.5 Å². The average Bonchev–Trinajstić information content (AvgIpc) is 2.82. The van der Waals surface area contributed by atoms with E-state index in [4.69, 9.17) is 16.3 Å². The van der Waals surface area contributed by atoms with Crippen LogP contribution in [0, 0.1) is 6.92 Å². The summed E-state index contributed by atoms with van der Waals surface area (Å²) in [6, 6.07) is 9.04. The van der Waals surface area contributed by atoms with E-state index in [1.165, 1.54) is 25.4 Å². The van der Waals surface area contributed by atoms with Gasteiger partial charge in [-0.2, -0.15) is 18.2 Å². The van der Waals surface area contributed by atoms with Gasteiger partial charge in [0, 0.05) is 44.2 Å². The van der Waals surface area contributed by atoms with Gasteiger partial charge in [0.25, 0.3) is 0 Å². The van der Waals surface area contributed by atoms with E-state index in [9.17, 15) is 18.0 Å². The highest BCUT2D eigenvalue weighted by Crippen LogP contribution is 2.37. The normalized spacial score (nSPS) is 14.4. The zero-order valence-corrected chi connectivity index (χ0v) is 20.3. The highest BCUT2D eigenvalue weighted by molar-refractivity contribution is 6.31. The van der Waals surface area contributed by atoms with E-state index >= 15 is 0 Å². The number of nitrogens with zero attached hydrogens (tertiary/aromatic N) is 4. The molecule has 0 spiro atoms. The third-order valence-corrected chi connectivity index (χ3v) is 6.05. The lowest BCUT2D eigenvalue weighted by Crippen LogP contribution is -2.39. The van der Waals surface area contributed by atoms with Gasteiger partial charge in [-0.1, -0.05) is 17.7 Å². The molecule has 0 bridgehead atoms. The molecule has 0 atom stereocenters. The van der Waals surface area contributed by atoms with Crippen LogP contribution in [0.4, 0.5) is 36.4 Å². The van der Waals surface area contributed by atoms with Gasteiger partial charge in [0.1, 0.15) is 18.2 Å². The van der Waals surface area contributed by atoms with Gasteiger partial charge < -0.3 is 20.3 Å². The molecule has 0 radical (unpaired) electrons. The zero-order chi connectivity index (χ0) is 25.9. The third-order valence-electron chi connectivity index (χ3n) is 5.72. The summed E-state index contributed by atoms with van der Waals surface area (Å²) in [5.41, 5.74) is 1.35. The van der Waals surface area contributed by atoms with Crippen LogP contribution >= 0.6 is 11.6 Å². The number of ether oxygens (including phenoxy) is 1. The fraction of sp³-hybridized carbons (Fsp3) is 0.333. The Kier molecular flexibility index (Phi) is 7.48. The predicted molar refractivity (Wildman–Crippen MR) is 131 cm³/mol. The van der Waals surface area contributed by atoms with Gasteiger partial charge in [0.05, 0.1) is 10.6 Å². The van der Waals surface area contributed by atoms with E-state index in [1.807, 2.05) is 24.0 Å². The van der Waals surface area contributed by atoms with Gasteiger partial charge in [-0.15, -0.1) is 0 Å². The molecule has 0 saturated carbocycles. The molecule has 0 aliphatic carbocycles. The Balaban J connectivity index is 1.39. The Hall–Kier alpha value is -3.60. The topological polar surface area (TPSA) is 92.3 Å². The minimum atomic E-state index is -4.55. The highest BCUT2D eigenvalue weighted by atomic mass is 35.5. The van der Waals surface area contributed by atoms with E-state index < -0.39 is 11.7 Å². The monoisotopic (exact) mass is 520 g/mol. The maximum atomic E-state index is 13.1. The van der Waals surface area contributed by atoms with Crippen molar-refractivity contribution in [1.82, 2.24) is 15.0 Å². The molecule has 36 heavy (non-hydrogen) atoms. The Bertz CT molecular complexity index is 1250. The largest absolute Gasteiger partial charge is 0.490 e. The van der Waals surface area contributed by atoms with E-state index in [2.05, 4.69) is 25.6 Å². The molecular formula is C24H24ClF3N6O2. The quantitative estimate of drug-likeness (QED) is 0.437. The van der Waals surface area contributed by atoms with Crippen molar-refractivity contribution < 1.29 is 22.7 Å². The summed E-state index contributed by atoms with van der Waals surface area (Å²) in [5, 5.41) is 5.58. The number of piperidine rings is 1. The Morgan fingerprint density at radius 3 is 2.56 bits per heavy atom. The Morgan fingerprint density at radius 1 is 1.14 bits per heavy atom. The number of aromatic nitrogens is 3. The molecule has 1 aliphatic heterocycles. The summed E-state index contributed by atoms with van der Waals surface area (Å²) < 4.78 is 45.2. The van der Waals surface area contributed by atoms with Crippen molar-refractivity contribution in [2.75, 3.05) is 28.6 Å². The summed E-state index contributed by atoms with van der Waals surface area (Å²) in [6.45, 7) is 4.44. The molecule has 2 aromatic carbocycles. The van der Waals surface area contributed by atoms with Crippen molar-refractivity contribution >= 4 is 40.8 Å². The summed E-state index contributed by atoms with van der Waals surface area (Å²) >= 11 is 5.69. The number of nitrogens with one attached hydrogen (secondary N) is 2. The smallest absolute Gasteiger partial charge is 0.417 e. The number of anilines is 4. The van der Waals surface area contributed by atoms with Crippen molar-refractivity contribution in [2.45, 2.75) is 39.0 Å². The highest BCUT2D eigenvalue weighted by Gasteiger charge is 2.34. The molecule has 2 heterocycles. The van der Waals surface area contributed by atoms with Gasteiger partial charge in [0.2, 0.25) is 17.8 Å².